The van der Waals surface area contributed by atoms with Crippen molar-refractivity contribution >= 4 is 46.5 Å². The van der Waals surface area contributed by atoms with Crippen molar-refractivity contribution in [3.8, 4) is 17.2 Å². The van der Waals surface area contributed by atoms with Gasteiger partial charge in [-0.2, -0.15) is 0 Å². The zero-order valence-corrected chi connectivity index (χ0v) is 24.7. The maximum Gasteiger partial charge on any atom is 0.262 e. The highest BCUT2D eigenvalue weighted by Crippen LogP contribution is 2.42. The molecule has 216 valence electrons. The highest BCUT2D eigenvalue weighted by atomic mass is 35.5. The Bertz CT molecular complexity index is 1710. The van der Waals surface area contributed by atoms with Crippen LogP contribution >= 0.6 is 24.0 Å². The van der Waals surface area contributed by atoms with E-state index in [1.165, 1.54) is 23.6 Å². The Balaban J connectivity index is 0.00000353. The average molecular weight is 605 g/mol. The molecule has 9 heteroatoms. The molecule has 42 heavy (non-hydrogen) atoms. The first-order valence-electron chi connectivity index (χ1n) is 13.4. The number of anilines is 1. The van der Waals surface area contributed by atoms with Crippen molar-refractivity contribution in [2.24, 2.45) is 0 Å². The molecule has 2 unspecified atom stereocenters. The molecule has 6 rings (SSSR count). The van der Waals surface area contributed by atoms with Gasteiger partial charge in [0, 0.05) is 34.7 Å². The van der Waals surface area contributed by atoms with E-state index in [-0.39, 0.29) is 36.9 Å². The van der Waals surface area contributed by atoms with Gasteiger partial charge in [0.1, 0.15) is 5.75 Å². The molecule has 0 radical (unpaired) electrons. The molecular formula is C33H31Cl2N3O4. The van der Waals surface area contributed by atoms with Gasteiger partial charge in [0.25, 0.3) is 5.91 Å². The van der Waals surface area contributed by atoms with E-state index in [9.17, 15) is 4.79 Å². The van der Waals surface area contributed by atoms with E-state index < -0.39 is 0 Å². The number of fused-ring (bicyclic) bond motifs is 3. The number of amides is 1. The monoisotopic (exact) mass is 603 g/mol. The summed E-state index contributed by atoms with van der Waals surface area (Å²) in [6, 6.07) is 29.8. The van der Waals surface area contributed by atoms with E-state index in [0.29, 0.717) is 28.0 Å². The number of halogens is 2. The number of ether oxygens (including phenoxy) is 3. The summed E-state index contributed by atoms with van der Waals surface area (Å²) in [5.41, 5.74) is 6.43. The van der Waals surface area contributed by atoms with E-state index in [2.05, 4.69) is 64.1 Å². The van der Waals surface area contributed by atoms with Crippen LogP contribution in [-0.4, -0.2) is 38.3 Å². The Morgan fingerprint density at radius 3 is 2.38 bits per heavy atom. The fourth-order valence-corrected chi connectivity index (χ4v) is 5.81. The van der Waals surface area contributed by atoms with Gasteiger partial charge in [-0.3, -0.25) is 4.79 Å². The number of carbonyl (C=O) groups is 1. The molecule has 1 aromatic heterocycles. The lowest BCUT2D eigenvalue weighted by molar-refractivity contribution is -0.118. The molecule has 1 aliphatic rings. The summed E-state index contributed by atoms with van der Waals surface area (Å²) < 4.78 is 16.7. The van der Waals surface area contributed by atoms with Crippen molar-refractivity contribution in [3.05, 3.63) is 118 Å². The van der Waals surface area contributed by atoms with Crippen molar-refractivity contribution < 1.29 is 19.0 Å². The fraction of sp³-hybridized carbons (Fsp3) is 0.182. The van der Waals surface area contributed by atoms with E-state index in [0.717, 1.165) is 23.3 Å². The summed E-state index contributed by atoms with van der Waals surface area (Å²) >= 11 is 6.17. The van der Waals surface area contributed by atoms with Crippen molar-refractivity contribution in [1.82, 2.24) is 10.3 Å². The minimum Gasteiger partial charge on any atom is -0.495 e. The number of benzene rings is 4. The molecule has 0 saturated carbocycles. The van der Waals surface area contributed by atoms with Crippen LogP contribution < -0.4 is 24.8 Å². The third-order valence-electron chi connectivity index (χ3n) is 7.46. The number of aromatic nitrogens is 1. The van der Waals surface area contributed by atoms with Crippen molar-refractivity contribution in [2.45, 2.75) is 12.0 Å². The highest BCUT2D eigenvalue weighted by Gasteiger charge is 2.32. The van der Waals surface area contributed by atoms with E-state index >= 15 is 0 Å². The molecule has 5 aromatic rings. The first-order chi connectivity index (χ1) is 20.1. The molecule has 4 aromatic carbocycles. The third kappa shape index (κ3) is 5.77. The predicted molar refractivity (Wildman–Crippen MR) is 169 cm³/mol. The number of methoxy groups -OCH3 is 2. The Morgan fingerprint density at radius 2 is 1.62 bits per heavy atom. The largest absolute Gasteiger partial charge is 0.495 e. The van der Waals surface area contributed by atoms with Crippen LogP contribution in [0.1, 0.15) is 34.3 Å². The Morgan fingerprint density at radius 1 is 0.881 bits per heavy atom. The quantitative estimate of drug-likeness (QED) is 0.176. The van der Waals surface area contributed by atoms with Crippen molar-refractivity contribution in [3.63, 3.8) is 0 Å². The van der Waals surface area contributed by atoms with Gasteiger partial charge >= 0.3 is 0 Å². The smallest absolute Gasteiger partial charge is 0.262 e. The molecule has 0 spiro atoms. The maximum atomic E-state index is 12.6. The van der Waals surface area contributed by atoms with Gasteiger partial charge in [0.05, 0.1) is 25.3 Å². The normalized spacial score (nSPS) is 15.8. The second kappa shape index (κ2) is 12.8. The van der Waals surface area contributed by atoms with Crippen LogP contribution in [0.25, 0.3) is 10.9 Å². The summed E-state index contributed by atoms with van der Waals surface area (Å²) in [6.45, 7) is 0.603. The molecule has 2 atom stereocenters. The first kappa shape index (κ1) is 29.3. The molecule has 1 aliphatic heterocycles. The number of rotatable bonds is 8. The van der Waals surface area contributed by atoms with Gasteiger partial charge in [-0.1, -0.05) is 66.2 Å². The Labute approximate surface area is 255 Å². The predicted octanol–water partition coefficient (Wildman–Crippen LogP) is 7.10. The zero-order valence-electron chi connectivity index (χ0n) is 23.1. The molecule has 7 nitrogen and oxygen atoms in total. The minimum absolute atomic E-state index is 0. The molecule has 2 heterocycles. The van der Waals surface area contributed by atoms with Gasteiger partial charge in [-0.05, 0) is 53.1 Å². The van der Waals surface area contributed by atoms with E-state index in [1.54, 1.807) is 25.3 Å². The number of aromatic amines is 1. The van der Waals surface area contributed by atoms with Crippen LogP contribution in [0, 0.1) is 0 Å². The Hall–Kier alpha value is -4.17. The SMILES string of the molecule is COc1ccc(NC(=O)COc2ccc(C3NCC(c4ccccc4)c4c3[nH]c3ccccc43)cc2OC)cc1Cl.Cl. The molecule has 3 N–H and O–H groups in total. The number of carbonyl (C=O) groups excluding carboxylic acids is 1. The summed E-state index contributed by atoms with van der Waals surface area (Å²) in [5.74, 6) is 1.47. The highest BCUT2D eigenvalue weighted by molar-refractivity contribution is 6.32. The van der Waals surface area contributed by atoms with Crippen LogP contribution in [0.3, 0.4) is 0 Å². The molecule has 0 saturated heterocycles. The van der Waals surface area contributed by atoms with Gasteiger partial charge in [0.2, 0.25) is 0 Å². The van der Waals surface area contributed by atoms with Crippen LogP contribution in [0.15, 0.2) is 91.0 Å². The lowest BCUT2D eigenvalue weighted by Crippen LogP contribution is -2.34. The topological polar surface area (TPSA) is 84.6 Å². The summed E-state index contributed by atoms with van der Waals surface area (Å²) in [4.78, 5) is 16.3. The second-order valence-electron chi connectivity index (χ2n) is 9.90. The number of hydrogen-bond acceptors (Lipinski definition) is 5. The number of para-hydroxylation sites is 1. The van der Waals surface area contributed by atoms with Gasteiger partial charge in [-0.25, -0.2) is 0 Å². The molecule has 0 bridgehead atoms. The zero-order chi connectivity index (χ0) is 28.3. The van der Waals surface area contributed by atoms with Crippen LogP contribution in [0.5, 0.6) is 17.2 Å². The molecule has 1 amide bonds. The van der Waals surface area contributed by atoms with Gasteiger partial charge < -0.3 is 29.8 Å². The molecular weight excluding hydrogens is 573 g/mol. The second-order valence-corrected chi connectivity index (χ2v) is 10.3. The van der Waals surface area contributed by atoms with Gasteiger partial charge in [-0.15, -0.1) is 12.4 Å². The Kier molecular flexibility index (Phi) is 8.92. The maximum absolute atomic E-state index is 12.6. The summed E-state index contributed by atoms with van der Waals surface area (Å²) in [5, 5.41) is 8.18. The van der Waals surface area contributed by atoms with Crippen LogP contribution in [-0.2, 0) is 4.79 Å². The molecule has 0 fully saturated rings. The van der Waals surface area contributed by atoms with Crippen LogP contribution in [0.4, 0.5) is 5.69 Å². The first-order valence-corrected chi connectivity index (χ1v) is 13.8. The summed E-state index contributed by atoms with van der Waals surface area (Å²) in [7, 11) is 3.14. The third-order valence-corrected chi connectivity index (χ3v) is 7.75. The average Bonchev–Trinajstić information content (AvgIpc) is 3.40. The molecule has 0 aliphatic carbocycles. The van der Waals surface area contributed by atoms with Crippen LogP contribution in [0.2, 0.25) is 5.02 Å². The number of H-pyrrole nitrogens is 1. The van der Waals surface area contributed by atoms with E-state index in [1.807, 2.05) is 24.3 Å². The van der Waals surface area contributed by atoms with Crippen molar-refractivity contribution in [2.75, 3.05) is 32.7 Å². The standard InChI is InChI=1S/C33H30ClN3O4.ClH/c1-39-27-15-13-22(17-25(27)34)36-30(38)19-41-28-14-12-21(16-29(28)40-2)32-33-31(23-10-6-7-11-26(23)37-33)24(18-35-32)20-8-4-3-5-9-20;/h3-17,24,32,35,37H,18-19H2,1-2H3,(H,36,38);1H. The number of nitrogens with one attached hydrogen (secondary N) is 3. The minimum atomic E-state index is -0.319. The lowest BCUT2D eigenvalue weighted by atomic mass is 9.83. The van der Waals surface area contributed by atoms with Crippen molar-refractivity contribution in [1.29, 1.82) is 0 Å². The lowest BCUT2D eigenvalue weighted by Gasteiger charge is -2.31. The fourth-order valence-electron chi connectivity index (χ4n) is 5.55. The van der Waals surface area contributed by atoms with E-state index in [4.69, 9.17) is 25.8 Å². The number of hydrogen-bond donors (Lipinski definition) is 3. The summed E-state index contributed by atoms with van der Waals surface area (Å²) in [6.07, 6.45) is 0. The van der Waals surface area contributed by atoms with Gasteiger partial charge in [0.15, 0.2) is 18.1 Å².